The van der Waals surface area contributed by atoms with Gasteiger partial charge >= 0.3 is 6.03 Å². The van der Waals surface area contributed by atoms with E-state index >= 15 is 0 Å². The number of carbonyl (C=O) groups is 2. The first-order chi connectivity index (χ1) is 19.7. The minimum atomic E-state index is -0.372. The Bertz CT molecular complexity index is 1640. The van der Waals surface area contributed by atoms with Gasteiger partial charge < -0.3 is 5.32 Å². The Morgan fingerprint density at radius 2 is 1.71 bits per heavy atom. The van der Waals surface area contributed by atoms with E-state index in [0.717, 1.165) is 22.4 Å². The SMILES string of the molecule is Cn1nnc(-c2cccc(NC(=O)N(Cc3ccc(C(=O)Nc4nn[nH]n4)cc3)c3ccc(C(C)(C)C)cc3)c2)n1. The van der Waals surface area contributed by atoms with Crippen molar-refractivity contribution in [3.8, 4) is 11.4 Å². The molecular weight excluding hydrogens is 522 g/mol. The van der Waals surface area contributed by atoms with Gasteiger partial charge in [-0.25, -0.2) is 4.79 Å². The van der Waals surface area contributed by atoms with E-state index < -0.39 is 0 Å². The van der Waals surface area contributed by atoms with E-state index in [9.17, 15) is 9.59 Å². The van der Waals surface area contributed by atoms with E-state index in [2.05, 4.69) is 67.4 Å². The number of carbonyl (C=O) groups excluding carboxylic acids is 2. The third-order valence-electron chi connectivity index (χ3n) is 6.30. The Labute approximate surface area is 236 Å². The van der Waals surface area contributed by atoms with Crippen LogP contribution in [0.2, 0.25) is 0 Å². The fourth-order valence-electron chi connectivity index (χ4n) is 4.08. The quantitative estimate of drug-likeness (QED) is 0.272. The third-order valence-corrected chi connectivity index (χ3v) is 6.30. The van der Waals surface area contributed by atoms with Crippen LogP contribution in [-0.4, -0.2) is 52.8 Å². The summed E-state index contributed by atoms with van der Waals surface area (Å²) < 4.78 is 0. The molecule has 41 heavy (non-hydrogen) atoms. The molecule has 0 fully saturated rings. The van der Waals surface area contributed by atoms with Gasteiger partial charge in [-0.05, 0) is 63.4 Å². The van der Waals surface area contributed by atoms with Crippen molar-refractivity contribution in [2.75, 3.05) is 15.5 Å². The van der Waals surface area contributed by atoms with Crippen LogP contribution < -0.4 is 15.5 Å². The highest BCUT2D eigenvalue weighted by Gasteiger charge is 2.20. The van der Waals surface area contributed by atoms with Gasteiger partial charge in [-0.15, -0.1) is 15.3 Å². The number of hydrogen-bond acceptors (Lipinski definition) is 8. The summed E-state index contributed by atoms with van der Waals surface area (Å²) in [5.74, 6) is 0.171. The van der Waals surface area contributed by atoms with E-state index in [1.54, 1.807) is 48.3 Å². The van der Waals surface area contributed by atoms with E-state index in [4.69, 9.17) is 0 Å². The topological polar surface area (TPSA) is 160 Å². The molecule has 3 amide bonds. The predicted molar refractivity (Wildman–Crippen MR) is 153 cm³/mol. The molecule has 13 nitrogen and oxygen atoms in total. The third kappa shape index (κ3) is 6.58. The van der Waals surface area contributed by atoms with Gasteiger partial charge in [-0.3, -0.25) is 15.0 Å². The first kappa shape index (κ1) is 27.1. The minimum Gasteiger partial charge on any atom is -0.308 e. The van der Waals surface area contributed by atoms with E-state index in [0.29, 0.717) is 17.1 Å². The van der Waals surface area contributed by atoms with E-state index in [1.807, 2.05) is 36.4 Å². The predicted octanol–water partition coefficient (Wildman–Crippen LogP) is 4.18. The molecule has 0 aliphatic heterocycles. The number of aryl methyl sites for hydroxylation is 1. The zero-order chi connectivity index (χ0) is 29.0. The monoisotopic (exact) mass is 551 g/mol. The van der Waals surface area contributed by atoms with Gasteiger partial charge in [-0.1, -0.05) is 62.3 Å². The van der Waals surface area contributed by atoms with Gasteiger partial charge in [0.05, 0.1) is 13.6 Å². The smallest absolute Gasteiger partial charge is 0.308 e. The number of H-pyrrole nitrogens is 1. The van der Waals surface area contributed by atoms with Crippen LogP contribution in [0.15, 0.2) is 72.8 Å². The van der Waals surface area contributed by atoms with Crippen LogP contribution >= 0.6 is 0 Å². The first-order valence-corrected chi connectivity index (χ1v) is 12.8. The molecule has 5 rings (SSSR count). The van der Waals surface area contributed by atoms with Crippen molar-refractivity contribution in [2.45, 2.75) is 32.7 Å². The Kier molecular flexibility index (Phi) is 7.50. The highest BCUT2D eigenvalue weighted by Crippen LogP contribution is 2.27. The lowest BCUT2D eigenvalue weighted by molar-refractivity contribution is 0.102. The molecule has 0 saturated carbocycles. The number of rotatable bonds is 7. The first-order valence-electron chi connectivity index (χ1n) is 12.8. The van der Waals surface area contributed by atoms with Crippen LogP contribution in [0.5, 0.6) is 0 Å². The van der Waals surface area contributed by atoms with E-state index in [-0.39, 0.29) is 29.8 Å². The molecule has 2 heterocycles. The zero-order valence-electron chi connectivity index (χ0n) is 23.0. The number of benzene rings is 3. The summed E-state index contributed by atoms with van der Waals surface area (Å²) in [6, 6.07) is 21.8. The average Bonchev–Trinajstić information content (AvgIpc) is 3.63. The maximum absolute atomic E-state index is 13.7. The summed E-state index contributed by atoms with van der Waals surface area (Å²) in [5.41, 5.74) is 4.41. The maximum atomic E-state index is 13.7. The fourth-order valence-corrected chi connectivity index (χ4v) is 4.08. The zero-order valence-corrected chi connectivity index (χ0v) is 23.0. The van der Waals surface area contributed by atoms with Crippen molar-refractivity contribution in [2.24, 2.45) is 7.05 Å². The number of anilines is 3. The molecular formula is C28H29N11O2. The molecule has 0 radical (unpaired) electrons. The standard InChI is InChI=1S/C28H29N11O2/c1-28(2,3)21-12-14-23(15-13-21)39(17-18-8-10-19(11-9-18)25(40)30-26-32-35-36-33-26)27(41)29-22-7-5-6-20(16-22)24-31-37-38(4)34-24/h5-16H,17H2,1-4H3,(H,29,41)(H2,30,32,33,35,36,40). The molecule has 0 bridgehead atoms. The van der Waals surface area contributed by atoms with Crippen LogP contribution in [0.1, 0.15) is 42.3 Å². The van der Waals surface area contributed by atoms with Gasteiger partial charge in [-0.2, -0.15) is 10.0 Å². The maximum Gasteiger partial charge on any atom is 0.326 e. The van der Waals surface area contributed by atoms with Gasteiger partial charge in [0, 0.05) is 22.5 Å². The fraction of sp³-hybridized carbons (Fsp3) is 0.214. The summed E-state index contributed by atoms with van der Waals surface area (Å²) >= 11 is 0. The van der Waals surface area contributed by atoms with Crippen molar-refractivity contribution in [1.29, 1.82) is 0 Å². The van der Waals surface area contributed by atoms with Crippen LogP contribution in [-0.2, 0) is 19.0 Å². The largest absolute Gasteiger partial charge is 0.326 e. The number of nitrogens with zero attached hydrogens (tertiary/aromatic N) is 8. The van der Waals surface area contributed by atoms with Gasteiger partial charge in [0.2, 0.25) is 5.82 Å². The normalized spacial score (nSPS) is 11.2. The van der Waals surface area contributed by atoms with Crippen molar-refractivity contribution in [3.63, 3.8) is 0 Å². The Morgan fingerprint density at radius 3 is 2.34 bits per heavy atom. The van der Waals surface area contributed by atoms with Crippen molar-refractivity contribution >= 4 is 29.3 Å². The van der Waals surface area contributed by atoms with Crippen LogP contribution in [0.4, 0.5) is 22.1 Å². The van der Waals surface area contributed by atoms with Crippen LogP contribution in [0, 0.1) is 0 Å². The van der Waals surface area contributed by atoms with Crippen LogP contribution in [0.3, 0.4) is 0 Å². The number of amides is 3. The van der Waals surface area contributed by atoms with Crippen LogP contribution in [0.25, 0.3) is 11.4 Å². The van der Waals surface area contributed by atoms with Gasteiger partial charge in [0.1, 0.15) is 0 Å². The Hall–Kier alpha value is -5.46. The lowest BCUT2D eigenvalue weighted by atomic mass is 9.87. The lowest BCUT2D eigenvalue weighted by Crippen LogP contribution is -2.34. The molecule has 0 atom stereocenters. The summed E-state index contributed by atoms with van der Waals surface area (Å²) in [6.45, 7) is 6.68. The second kappa shape index (κ2) is 11.3. The Morgan fingerprint density at radius 1 is 0.951 bits per heavy atom. The van der Waals surface area contributed by atoms with Gasteiger partial charge in [0.25, 0.3) is 11.9 Å². The molecule has 0 spiro atoms. The summed E-state index contributed by atoms with van der Waals surface area (Å²) in [7, 11) is 1.69. The molecule has 0 saturated heterocycles. The molecule has 208 valence electrons. The number of nitrogens with one attached hydrogen (secondary N) is 3. The van der Waals surface area contributed by atoms with Crippen molar-refractivity contribution in [3.05, 3.63) is 89.5 Å². The molecule has 0 aliphatic carbocycles. The molecule has 13 heteroatoms. The number of tetrazole rings is 2. The van der Waals surface area contributed by atoms with Crippen molar-refractivity contribution < 1.29 is 9.59 Å². The molecule has 3 N–H and O–H groups in total. The van der Waals surface area contributed by atoms with Crippen molar-refractivity contribution in [1.82, 2.24) is 40.8 Å². The highest BCUT2D eigenvalue weighted by molar-refractivity contribution is 6.03. The van der Waals surface area contributed by atoms with E-state index in [1.165, 1.54) is 4.80 Å². The molecule has 3 aromatic carbocycles. The molecule has 0 aliphatic rings. The summed E-state index contributed by atoms with van der Waals surface area (Å²) in [6.07, 6.45) is 0. The highest BCUT2D eigenvalue weighted by atomic mass is 16.2. The summed E-state index contributed by atoms with van der Waals surface area (Å²) in [4.78, 5) is 29.2. The average molecular weight is 552 g/mol. The molecule has 0 unspecified atom stereocenters. The number of hydrogen-bond donors (Lipinski definition) is 3. The van der Waals surface area contributed by atoms with Gasteiger partial charge in [0.15, 0.2) is 0 Å². The lowest BCUT2D eigenvalue weighted by Gasteiger charge is -2.25. The second-order valence-corrected chi connectivity index (χ2v) is 10.4. The number of aromatic nitrogens is 8. The number of aromatic amines is 1. The summed E-state index contributed by atoms with van der Waals surface area (Å²) in [5, 5.41) is 30.9. The molecule has 5 aromatic rings. The minimum absolute atomic E-state index is 0.0294. The number of urea groups is 1. The Balaban J connectivity index is 1.38. The molecule has 2 aromatic heterocycles. The second-order valence-electron chi connectivity index (χ2n) is 10.4.